The van der Waals surface area contributed by atoms with Gasteiger partial charge in [-0.3, -0.25) is 4.98 Å². The molecule has 0 aromatic carbocycles. The molecule has 0 aliphatic rings. The third kappa shape index (κ3) is 2.31. The van der Waals surface area contributed by atoms with Gasteiger partial charge in [0.1, 0.15) is 0 Å². The molecule has 1 aromatic rings. The van der Waals surface area contributed by atoms with Gasteiger partial charge in [-0.25, -0.2) is 0 Å². The topological polar surface area (TPSA) is 33.1 Å². The van der Waals surface area contributed by atoms with Crippen LogP contribution in [0.5, 0.6) is 0 Å². The molecule has 0 fully saturated rings. The van der Waals surface area contributed by atoms with Crippen molar-refractivity contribution in [2.45, 2.75) is 25.9 Å². The van der Waals surface area contributed by atoms with Gasteiger partial charge < -0.3 is 5.11 Å². The van der Waals surface area contributed by atoms with E-state index in [1.165, 1.54) is 0 Å². The van der Waals surface area contributed by atoms with E-state index in [-0.39, 0.29) is 6.10 Å². The second-order valence-electron chi connectivity index (χ2n) is 2.59. The number of pyridine rings is 1. The number of aliphatic hydroxyl groups excluding tert-OH is 1. The highest BCUT2D eigenvalue weighted by Crippen LogP contribution is 2.15. The predicted octanol–water partition coefficient (Wildman–Crippen LogP) is 1.92. The molecular weight excluding hydrogens is 138 g/mol. The highest BCUT2D eigenvalue weighted by Gasteiger charge is 2.03. The van der Waals surface area contributed by atoms with Crippen molar-refractivity contribution >= 4 is 0 Å². The molecule has 60 valence electrons. The van der Waals surface area contributed by atoms with E-state index in [1.54, 1.807) is 12.4 Å². The summed E-state index contributed by atoms with van der Waals surface area (Å²) in [5.41, 5.74) is 0.960. The summed E-state index contributed by atoms with van der Waals surface area (Å²) in [6.45, 7) is 2.06. The zero-order valence-corrected chi connectivity index (χ0v) is 6.70. The van der Waals surface area contributed by atoms with E-state index in [9.17, 15) is 5.11 Å². The molecule has 0 aliphatic carbocycles. The summed E-state index contributed by atoms with van der Waals surface area (Å²) in [5, 5.41) is 9.49. The van der Waals surface area contributed by atoms with Crippen LogP contribution in [0.15, 0.2) is 24.5 Å². The minimum absolute atomic E-state index is 0.317. The fourth-order valence-electron chi connectivity index (χ4n) is 1.03. The van der Waals surface area contributed by atoms with E-state index < -0.39 is 0 Å². The molecule has 0 saturated heterocycles. The van der Waals surface area contributed by atoms with E-state index in [1.807, 2.05) is 12.1 Å². The van der Waals surface area contributed by atoms with Gasteiger partial charge in [-0.15, -0.1) is 0 Å². The van der Waals surface area contributed by atoms with Crippen molar-refractivity contribution in [2.75, 3.05) is 0 Å². The highest BCUT2D eigenvalue weighted by atomic mass is 16.3. The van der Waals surface area contributed by atoms with Crippen LogP contribution in [0.2, 0.25) is 0 Å². The van der Waals surface area contributed by atoms with Gasteiger partial charge in [0.05, 0.1) is 6.10 Å². The van der Waals surface area contributed by atoms with Crippen LogP contribution in [0.1, 0.15) is 31.4 Å². The zero-order valence-electron chi connectivity index (χ0n) is 6.70. The van der Waals surface area contributed by atoms with Crippen molar-refractivity contribution in [3.63, 3.8) is 0 Å². The maximum absolute atomic E-state index is 9.49. The van der Waals surface area contributed by atoms with Crippen LogP contribution < -0.4 is 0 Å². The highest BCUT2D eigenvalue weighted by molar-refractivity contribution is 5.12. The van der Waals surface area contributed by atoms with Crippen molar-refractivity contribution in [3.05, 3.63) is 30.1 Å². The van der Waals surface area contributed by atoms with Crippen molar-refractivity contribution in [3.8, 4) is 0 Å². The van der Waals surface area contributed by atoms with Gasteiger partial charge >= 0.3 is 0 Å². The molecule has 11 heavy (non-hydrogen) atoms. The lowest BCUT2D eigenvalue weighted by Crippen LogP contribution is -1.95. The average Bonchev–Trinajstić information content (AvgIpc) is 2.07. The van der Waals surface area contributed by atoms with Crippen LogP contribution in [0.3, 0.4) is 0 Å². The maximum Gasteiger partial charge on any atom is 0.0791 e. The Hall–Kier alpha value is -0.890. The van der Waals surface area contributed by atoms with E-state index >= 15 is 0 Å². The summed E-state index contributed by atoms with van der Waals surface area (Å²) in [6.07, 6.45) is 4.92. The Kier molecular flexibility index (Phi) is 3.05. The van der Waals surface area contributed by atoms with Crippen LogP contribution >= 0.6 is 0 Å². The van der Waals surface area contributed by atoms with Crippen molar-refractivity contribution < 1.29 is 5.11 Å². The van der Waals surface area contributed by atoms with Gasteiger partial charge in [0, 0.05) is 12.4 Å². The molecule has 0 saturated carbocycles. The third-order valence-corrected chi connectivity index (χ3v) is 1.65. The number of aliphatic hydroxyl groups is 1. The van der Waals surface area contributed by atoms with Crippen molar-refractivity contribution in [1.82, 2.24) is 4.98 Å². The van der Waals surface area contributed by atoms with E-state index in [0.717, 1.165) is 18.4 Å². The smallest absolute Gasteiger partial charge is 0.0791 e. The fraction of sp³-hybridized carbons (Fsp3) is 0.444. The molecule has 1 aromatic heterocycles. The quantitative estimate of drug-likeness (QED) is 0.715. The average molecular weight is 151 g/mol. The minimum atomic E-state index is -0.317. The van der Waals surface area contributed by atoms with Crippen LogP contribution in [-0.4, -0.2) is 10.1 Å². The van der Waals surface area contributed by atoms with Crippen LogP contribution in [0.4, 0.5) is 0 Å². The first-order chi connectivity index (χ1) is 5.34. The van der Waals surface area contributed by atoms with E-state index in [0.29, 0.717) is 0 Å². The predicted molar refractivity (Wildman–Crippen MR) is 44.1 cm³/mol. The zero-order chi connectivity index (χ0) is 8.10. The minimum Gasteiger partial charge on any atom is -0.388 e. The Balaban J connectivity index is 2.61. The first-order valence-electron chi connectivity index (χ1n) is 3.92. The molecule has 2 heteroatoms. The summed E-state index contributed by atoms with van der Waals surface area (Å²) < 4.78 is 0. The van der Waals surface area contributed by atoms with Gasteiger partial charge in [0.25, 0.3) is 0 Å². The Morgan fingerprint density at radius 2 is 2.09 bits per heavy atom. The third-order valence-electron chi connectivity index (χ3n) is 1.65. The lowest BCUT2D eigenvalue weighted by molar-refractivity contribution is 0.166. The molecule has 0 unspecified atom stereocenters. The van der Waals surface area contributed by atoms with Crippen LogP contribution in [0.25, 0.3) is 0 Å². The first kappa shape index (κ1) is 8.21. The van der Waals surface area contributed by atoms with Gasteiger partial charge in [-0.05, 0) is 24.1 Å². The molecule has 0 bridgehead atoms. The summed E-state index contributed by atoms with van der Waals surface area (Å²) in [5.74, 6) is 0. The fourth-order valence-corrected chi connectivity index (χ4v) is 1.03. The molecule has 1 atom stereocenters. The van der Waals surface area contributed by atoms with E-state index in [4.69, 9.17) is 0 Å². The second-order valence-corrected chi connectivity index (χ2v) is 2.59. The first-order valence-corrected chi connectivity index (χ1v) is 3.92. The molecule has 1 N–H and O–H groups in total. The largest absolute Gasteiger partial charge is 0.388 e. The summed E-state index contributed by atoms with van der Waals surface area (Å²) in [7, 11) is 0. The molecular formula is C9H13NO. The number of hydrogen-bond donors (Lipinski definition) is 1. The Labute approximate surface area is 66.9 Å². The number of nitrogens with zero attached hydrogens (tertiary/aromatic N) is 1. The normalized spacial score (nSPS) is 12.9. The Morgan fingerprint density at radius 1 is 1.45 bits per heavy atom. The van der Waals surface area contributed by atoms with Crippen LogP contribution in [0, 0.1) is 0 Å². The van der Waals surface area contributed by atoms with E-state index in [2.05, 4.69) is 11.9 Å². The molecule has 0 spiro atoms. The lowest BCUT2D eigenvalue weighted by atomic mass is 10.1. The van der Waals surface area contributed by atoms with Gasteiger partial charge in [-0.2, -0.15) is 0 Å². The summed E-state index contributed by atoms with van der Waals surface area (Å²) >= 11 is 0. The van der Waals surface area contributed by atoms with Gasteiger partial charge in [-0.1, -0.05) is 13.3 Å². The molecule has 2 nitrogen and oxygen atoms in total. The monoisotopic (exact) mass is 151 g/mol. The molecule has 1 heterocycles. The SMILES string of the molecule is CCC[C@H](O)c1ccncc1. The summed E-state index contributed by atoms with van der Waals surface area (Å²) in [6, 6.07) is 3.70. The summed E-state index contributed by atoms with van der Waals surface area (Å²) in [4.78, 5) is 3.88. The standard InChI is InChI=1S/C9H13NO/c1-2-3-9(11)8-4-6-10-7-5-8/h4-7,9,11H,2-3H2,1H3/t9-/m0/s1. The Bertz CT molecular complexity index is 198. The van der Waals surface area contributed by atoms with Crippen molar-refractivity contribution in [1.29, 1.82) is 0 Å². The number of rotatable bonds is 3. The number of hydrogen-bond acceptors (Lipinski definition) is 2. The van der Waals surface area contributed by atoms with Crippen molar-refractivity contribution in [2.24, 2.45) is 0 Å². The number of aromatic nitrogens is 1. The molecule has 1 rings (SSSR count). The van der Waals surface area contributed by atoms with Gasteiger partial charge in [0.15, 0.2) is 0 Å². The van der Waals surface area contributed by atoms with Gasteiger partial charge in [0.2, 0.25) is 0 Å². The van der Waals surface area contributed by atoms with Crippen LogP contribution in [-0.2, 0) is 0 Å². The second kappa shape index (κ2) is 4.09. The molecule has 0 aliphatic heterocycles. The Morgan fingerprint density at radius 3 is 2.64 bits per heavy atom. The lowest BCUT2D eigenvalue weighted by Gasteiger charge is -2.07. The molecule has 0 radical (unpaired) electrons. The maximum atomic E-state index is 9.49. The molecule has 0 amide bonds.